The molecular formula is C23H37NOSi. The number of nitrogens with two attached hydrogens (primary N) is 1. The lowest BCUT2D eigenvalue weighted by atomic mass is 9.82. The highest BCUT2D eigenvalue weighted by molar-refractivity contribution is 6.78. The quantitative estimate of drug-likeness (QED) is 0.554. The fourth-order valence-electron chi connectivity index (χ4n) is 4.58. The maximum Gasteiger partial charge on any atom is 0.258 e. The smallest absolute Gasteiger partial charge is 0.258 e. The number of hydrogen-bond donors (Lipinski definition) is 1. The molecule has 2 aromatic carbocycles. The molecule has 0 unspecified atom stereocenters. The van der Waals surface area contributed by atoms with Crippen molar-refractivity contribution in [2.45, 2.75) is 77.4 Å². The molecule has 2 rings (SSSR count). The van der Waals surface area contributed by atoms with Crippen molar-refractivity contribution in [2.24, 2.45) is 5.73 Å². The van der Waals surface area contributed by atoms with Gasteiger partial charge in [0, 0.05) is 12.0 Å². The van der Waals surface area contributed by atoms with Gasteiger partial charge >= 0.3 is 0 Å². The summed E-state index contributed by atoms with van der Waals surface area (Å²) in [5, 5.41) is 2.52. The standard InChI is InChI=1S/C23H37NOSi/c1-16(2)26(17(3)4,18(5)6)25-20-12-13-21-19(14-20)10-9-11-22(21)23(7,8)15-24/h9-14,16-18H,15,24H2,1-8H3. The third kappa shape index (κ3) is 3.70. The SMILES string of the molecule is CC(C)[Si](Oc1ccc2c(C(C)(C)CN)cccc2c1)(C(C)C)C(C)C. The second-order valence-electron chi connectivity index (χ2n) is 9.20. The first kappa shape index (κ1) is 21.0. The van der Waals surface area contributed by atoms with Crippen molar-refractivity contribution in [1.29, 1.82) is 0 Å². The molecule has 0 heterocycles. The zero-order valence-corrected chi connectivity index (χ0v) is 18.9. The molecule has 2 nitrogen and oxygen atoms in total. The van der Waals surface area contributed by atoms with E-state index in [1.54, 1.807) is 0 Å². The van der Waals surface area contributed by atoms with Crippen LogP contribution in [0.2, 0.25) is 16.6 Å². The van der Waals surface area contributed by atoms with Crippen LogP contribution in [-0.4, -0.2) is 14.9 Å². The Morgan fingerprint density at radius 1 is 0.923 bits per heavy atom. The molecule has 0 saturated heterocycles. The highest BCUT2D eigenvalue weighted by Crippen LogP contribution is 2.43. The minimum absolute atomic E-state index is 0.0335. The average Bonchev–Trinajstić information content (AvgIpc) is 2.57. The molecule has 2 aromatic rings. The maximum absolute atomic E-state index is 6.86. The summed E-state index contributed by atoms with van der Waals surface area (Å²) >= 11 is 0. The predicted octanol–water partition coefficient (Wildman–Crippen LogP) is 6.63. The fraction of sp³-hybridized carbons (Fsp3) is 0.565. The maximum atomic E-state index is 6.86. The minimum Gasteiger partial charge on any atom is -0.543 e. The Balaban J connectivity index is 2.53. The lowest BCUT2D eigenvalue weighted by molar-refractivity contribution is 0.480. The molecule has 0 fully saturated rings. The molecule has 3 heteroatoms. The van der Waals surface area contributed by atoms with Crippen molar-refractivity contribution in [3.8, 4) is 5.75 Å². The first-order valence-corrected chi connectivity index (χ1v) is 12.1. The molecule has 0 aliphatic carbocycles. The van der Waals surface area contributed by atoms with E-state index in [1.165, 1.54) is 16.3 Å². The van der Waals surface area contributed by atoms with Crippen molar-refractivity contribution < 1.29 is 4.43 Å². The van der Waals surface area contributed by atoms with Gasteiger partial charge in [-0.3, -0.25) is 0 Å². The zero-order valence-electron chi connectivity index (χ0n) is 17.9. The van der Waals surface area contributed by atoms with Crippen molar-refractivity contribution in [2.75, 3.05) is 6.54 Å². The van der Waals surface area contributed by atoms with Gasteiger partial charge in [-0.2, -0.15) is 0 Å². The van der Waals surface area contributed by atoms with Crippen LogP contribution in [0.3, 0.4) is 0 Å². The summed E-state index contributed by atoms with van der Waals surface area (Å²) in [6.45, 7) is 19.0. The summed E-state index contributed by atoms with van der Waals surface area (Å²) in [6.07, 6.45) is 0. The van der Waals surface area contributed by atoms with Gasteiger partial charge in [-0.25, -0.2) is 0 Å². The van der Waals surface area contributed by atoms with Crippen LogP contribution in [0.15, 0.2) is 36.4 Å². The molecule has 144 valence electrons. The molecular weight excluding hydrogens is 334 g/mol. The van der Waals surface area contributed by atoms with E-state index in [2.05, 4.69) is 91.8 Å². The van der Waals surface area contributed by atoms with Gasteiger partial charge < -0.3 is 10.2 Å². The van der Waals surface area contributed by atoms with Gasteiger partial charge in [0.25, 0.3) is 8.32 Å². The van der Waals surface area contributed by atoms with Crippen molar-refractivity contribution in [3.05, 3.63) is 42.0 Å². The van der Waals surface area contributed by atoms with Crippen LogP contribution < -0.4 is 10.2 Å². The van der Waals surface area contributed by atoms with Gasteiger partial charge in [-0.05, 0) is 45.1 Å². The van der Waals surface area contributed by atoms with Crippen molar-refractivity contribution in [1.82, 2.24) is 0 Å². The van der Waals surface area contributed by atoms with E-state index in [9.17, 15) is 0 Å². The van der Waals surface area contributed by atoms with E-state index in [1.807, 2.05) is 0 Å². The second-order valence-corrected chi connectivity index (χ2v) is 14.6. The predicted molar refractivity (Wildman–Crippen MR) is 118 cm³/mol. The summed E-state index contributed by atoms with van der Waals surface area (Å²) in [5.74, 6) is 1.02. The van der Waals surface area contributed by atoms with Crippen LogP contribution in [0.5, 0.6) is 5.75 Å². The highest BCUT2D eigenvalue weighted by Gasteiger charge is 2.47. The van der Waals surface area contributed by atoms with Gasteiger partial charge in [0.15, 0.2) is 0 Å². The topological polar surface area (TPSA) is 35.2 Å². The Morgan fingerprint density at radius 2 is 1.50 bits per heavy atom. The van der Waals surface area contributed by atoms with Crippen LogP contribution in [0.25, 0.3) is 10.8 Å². The molecule has 0 radical (unpaired) electrons. The van der Waals surface area contributed by atoms with Gasteiger partial charge in [0.05, 0.1) is 0 Å². The Hall–Kier alpha value is -1.32. The summed E-state index contributed by atoms with van der Waals surface area (Å²) in [7, 11) is -1.93. The number of hydrogen-bond acceptors (Lipinski definition) is 2. The van der Waals surface area contributed by atoms with Gasteiger partial charge in [-0.15, -0.1) is 0 Å². The Bertz CT molecular complexity index is 727. The number of rotatable bonds is 7. The number of fused-ring (bicyclic) bond motifs is 1. The molecule has 0 saturated carbocycles. The molecule has 26 heavy (non-hydrogen) atoms. The Kier molecular flexibility index (Phi) is 6.24. The van der Waals surface area contributed by atoms with Gasteiger partial charge in [-0.1, -0.05) is 79.7 Å². The van der Waals surface area contributed by atoms with Crippen molar-refractivity contribution >= 4 is 19.1 Å². The molecule has 0 aliphatic heterocycles. The van der Waals surface area contributed by atoms with Crippen LogP contribution in [0.1, 0.15) is 61.0 Å². The van der Waals surface area contributed by atoms with E-state index in [0.29, 0.717) is 23.2 Å². The van der Waals surface area contributed by atoms with E-state index in [0.717, 1.165) is 5.75 Å². The monoisotopic (exact) mass is 371 g/mol. The fourth-order valence-corrected chi connectivity index (χ4v) is 9.83. The largest absolute Gasteiger partial charge is 0.543 e. The molecule has 0 bridgehead atoms. The molecule has 0 aliphatic rings. The van der Waals surface area contributed by atoms with E-state index < -0.39 is 8.32 Å². The molecule has 0 aromatic heterocycles. The summed E-state index contributed by atoms with van der Waals surface area (Å²) < 4.78 is 6.86. The van der Waals surface area contributed by atoms with E-state index >= 15 is 0 Å². The first-order chi connectivity index (χ1) is 12.1. The van der Waals surface area contributed by atoms with Crippen LogP contribution >= 0.6 is 0 Å². The summed E-state index contributed by atoms with van der Waals surface area (Å²) in [5.41, 5.74) is 9.01. The Morgan fingerprint density at radius 3 is 2.00 bits per heavy atom. The molecule has 0 amide bonds. The van der Waals surface area contributed by atoms with Crippen molar-refractivity contribution in [3.63, 3.8) is 0 Å². The third-order valence-corrected chi connectivity index (χ3v) is 12.1. The normalized spacial score (nSPS) is 13.2. The van der Waals surface area contributed by atoms with Crippen LogP contribution in [0.4, 0.5) is 0 Å². The van der Waals surface area contributed by atoms with E-state index in [-0.39, 0.29) is 5.41 Å². The van der Waals surface area contributed by atoms with E-state index in [4.69, 9.17) is 10.2 Å². The molecule has 0 spiro atoms. The summed E-state index contributed by atoms with van der Waals surface area (Å²) in [4.78, 5) is 0. The number of benzene rings is 2. The zero-order chi connectivity index (χ0) is 19.7. The van der Waals surface area contributed by atoms with Crippen LogP contribution in [-0.2, 0) is 5.41 Å². The summed E-state index contributed by atoms with van der Waals surface area (Å²) in [6, 6.07) is 13.1. The average molecular weight is 372 g/mol. The highest BCUT2D eigenvalue weighted by atomic mass is 28.4. The lowest BCUT2D eigenvalue weighted by Gasteiger charge is -2.42. The lowest BCUT2D eigenvalue weighted by Crippen LogP contribution is -2.50. The minimum atomic E-state index is -1.93. The third-order valence-electron chi connectivity index (χ3n) is 6.09. The van der Waals surface area contributed by atoms with Gasteiger partial charge in [0.1, 0.15) is 5.75 Å². The molecule has 2 N–H and O–H groups in total. The first-order valence-electron chi connectivity index (χ1n) is 9.98. The van der Waals surface area contributed by atoms with Gasteiger partial charge in [0.2, 0.25) is 0 Å². The van der Waals surface area contributed by atoms with Crippen LogP contribution in [0, 0.1) is 0 Å². The Labute approximate surface area is 161 Å². The second kappa shape index (κ2) is 7.73. The molecule has 0 atom stereocenters.